The second-order valence-electron chi connectivity index (χ2n) is 6.81. The number of urea groups is 1. The van der Waals surface area contributed by atoms with Crippen LogP contribution in [0, 0.1) is 0 Å². The van der Waals surface area contributed by atoms with Crippen LogP contribution in [0.5, 0.6) is 11.6 Å². The average molecular weight is 413 g/mol. The molecule has 0 radical (unpaired) electrons. The zero-order valence-corrected chi connectivity index (χ0v) is 17.4. The van der Waals surface area contributed by atoms with Gasteiger partial charge >= 0.3 is 6.03 Å². The van der Waals surface area contributed by atoms with Crippen LogP contribution in [0.15, 0.2) is 67.0 Å². The summed E-state index contributed by atoms with van der Waals surface area (Å²) in [7, 11) is 0. The van der Waals surface area contributed by atoms with Gasteiger partial charge in [0.15, 0.2) is 0 Å². The van der Waals surface area contributed by atoms with Crippen LogP contribution in [0.4, 0.5) is 10.5 Å². The Hall–Kier alpha value is -4.00. The second-order valence-corrected chi connectivity index (χ2v) is 6.81. The molecule has 0 saturated carbocycles. The predicted molar refractivity (Wildman–Crippen MR) is 121 cm³/mol. The van der Waals surface area contributed by atoms with Crippen LogP contribution in [0.1, 0.15) is 19.7 Å². The molecule has 31 heavy (non-hydrogen) atoms. The molecule has 0 spiro atoms. The molecule has 0 aliphatic carbocycles. The van der Waals surface area contributed by atoms with E-state index in [0.29, 0.717) is 23.9 Å². The lowest BCUT2D eigenvalue weighted by molar-refractivity contribution is 0.252. The number of amides is 2. The van der Waals surface area contributed by atoms with Crippen molar-refractivity contribution in [1.29, 1.82) is 0 Å². The third kappa shape index (κ3) is 4.45. The summed E-state index contributed by atoms with van der Waals surface area (Å²) in [5.74, 6) is 1.86. The van der Waals surface area contributed by atoms with Gasteiger partial charge in [-0.15, -0.1) is 0 Å². The molecule has 7 heteroatoms. The Morgan fingerprint density at radius 1 is 0.935 bits per heavy atom. The van der Waals surface area contributed by atoms with Crippen LogP contribution in [0.25, 0.3) is 22.0 Å². The number of aromatic nitrogens is 3. The number of ether oxygens (including phenoxy) is 1. The van der Waals surface area contributed by atoms with E-state index < -0.39 is 0 Å². The minimum atomic E-state index is -0.246. The molecule has 7 nitrogen and oxygen atoms in total. The number of aryl methyl sites for hydroxylation is 1. The van der Waals surface area contributed by atoms with E-state index in [1.165, 1.54) is 0 Å². The summed E-state index contributed by atoms with van der Waals surface area (Å²) in [5, 5.41) is 7.37. The number of nitrogens with one attached hydrogen (secondary N) is 2. The molecular weight excluding hydrogens is 390 g/mol. The van der Waals surface area contributed by atoms with E-state index >= 15 is 0 Å². The van der Waals surface area contributed by atoms with Crippen LogP contribution in [0.3, 0.4) is 0 Å². The lowest BCUT2D eigenvalue weighted by Gasteiger charge is -2.14. The van der Waals surface area contributed by atoms with Crippen molar-refractivity contribution in [3.63, 3.8) is 0 Å². The highest BCUT2D eigenvalue weighted by Crippen LogP contribution is 2.36. The van der Waals surface area contributed by atoms with Gasteiger partial charge in [-0.3, -0.25) is 0 Å². The first-order valence-corrected chi connectivity index (χ1v) is 10.2. The maximum absolute atomic E-state index is 12.0. The molecule has 2 amide bonds. The van der Waals surface area contributed by atoms with Crippen molar-refractivity contribution < 1.29 is 9.53 Å². The van der Waals surface area contributed by atoms with E-state index in [1.54, 1.807) is 12.4 Å². The Labute approximate surface area is 180 Å². The Morgan fingerprint density at radius 3 is 2.58 bits per heavy atom. The van der Waals surface area contributed by atoms with Gasteiger partial charge in [-0.05, 0) is 37.3 Å². The average Bonchev–Trinajstić information content (AvgIpc) is 2.81. The van der Waals surface area contributed by atoms with Crippen molar-refractivity contribution in [2.75, 3.05) is 11.9 Å². The van der Waals surface area contributed by atoms with Crippen molar-refractivity contribution in [2.45, 2.75) is 20.3 Å². The quantitative estimate of drug-likeness (QED) is 0.454. The second kappa shape index (κ2) is 9.21. The molecule has 0 aliphatic rings. The summed E-state index contributed by atoms with van der Waals surface area (Å²) in [6.45, 7) is 4.44. The molecule has 0 unspecified atom stereocenters. The van der Waals surface area contributed by atoms with Gasteiger partial charge in [0.2, 0.25) is 5.88 Å². The summed E-state index contributed by atoms with van der Waals surface area (Å²) >= 11 is 0. The molecular formula is C24H23N5O2. The van der Waals surface area contributed by atoms with Crippen molar-refractivity contribution in [3.05, 3.63) is 72.8 Å². The van der Waals surface area contributed by atoms with Gasteiger partial charge in [0.05, 0.1) is 16.9 Å². The molecule has 2 N–H and O–H groups in total. The Morgan fingerprint density at radius 2 is 1.77 bits per heavy atom. The van der Waals surface area contributed by atoms with Crippen LogP contribution in [0.2, 0.25) is 0 Å². The Kier molecular flexibility index (Phi) is 6.03. The number of hydrogen-bond acceptors (Lipinski definition) is 5. The topological polar surface area (TPSA) is 89.0 Å². The number of carbonyl (C=O) groups excluding carboxylic acids is 1. The molecule has 0 bridgehead atoms. The minimum absolute atomic E-state index is 0.246. The monoisotopic (exact) mass is 413 g/mol. The normalized spacial score (nSPS) is 10.6. The smallest absolute Gasteiger partial charge is 0.319 e. The lowest BCUT2D eigenvalue weighted by Crippen LogP contribution is -2.28. The van der Waals surface area contributed by atoms with E-state index in [4.69, 9.17) is 4.74 Å². The van der Waals surface area contributed by atoms with E-state index in [1.807, 2.05) is 68.4 Å². The standard InChI is InChI=1S/C24H23N5O2/c1-3-22-26-15-13-20(28-22)18-10-7-14-27-23(18)31-21-12-11-19(29-24(30)25-4-2)16-8-5-6-9-17(16)21/h5-15H,3-4H2,1-2H3,(H2,25,29,30). The largest absolute Gasteiger partial charge is 0.438 e. The van der Waals surface area contributed by atoms with Crippen molar-refractivity contribution >= 4 is 22.5 Å². The summed E-state index contributed by atoms with van der Waals surface area (Å²) in [6, 6.07) is 16.8. The molecule has 156 valence electrons. The van der Waals surface area contributed by atoms with Crippen LogP contribution < -0.4 is 15.4 Å². The fourth-order valence-corrected chi connectivity index (χ4v) is 3.29. The van der Waals surface area contributed by atoms with E-state index in [2.05, 4.69) is 25.6 Å². The summed E-state index contributed by atoms with van der Waals surface area (Å²) < 4.78 is 6.26. The van der Waals surface area contributed by atoms with Gasteiger partial charge in [0, 0.05) is 36.1 Å². The molecule has 4 aromatic rings. The number of pyridine rings is 1. The fourth-order valence-electron chi connectivity index (χ4n) is 3.29. The zero-order valence-electron chi connectivity index (χ0n) is 17.4. The first kappa shape index (κ1) is 20.3. The lowest BCUT2D eigenvalue weighted by atomic mass is 10.1. The zero-order chi connectivity index (χ0) is 21.6. The van der Waals surface area contributed by atoms with E-state index in [-0.39, 0.29) is 6.03 Å². The SMILES string of the molecule is CCNC(=O)Nc1ccc(Oc2ncccc2-c2ccnc(CC)n2)c2ccccc12. The minimum Gasteiger partial charge on any atom is -0.438 e. The van der Waals surface area contributed by atoms with Gasteiger partial charge in [0.1, 0.15) is 11.6 Å². The Bertz CT molecular complexity index is 1230. The number of nitrogens with zero attached hydrogens (tertiary/aromatic N) is 3. The predicted octanol–water partition coefficient (Wildman–Crippen LogP) is 5.19. The number of rotatable bonds is 6. The summed E-state index contributed by atoms with van der Waals surface area (Å²) in [4.78, 5) is 25.3. The summed E-state index contributed by atoms with van der Waals surface area (Å²) in [6.07, 6.45) is 4.18. The third-order valence-electron chi connectivity index (χ3n) is 4.75. The van der Waals surface area contributed by atoms with Crippen molar-refractivity contribution in [2.24, 2.45) is 0 Å². The van der Waals surface area contributed by atoms with Crippen LogP contribution in [-0.4, -0.2) is 27.5 Å². The molecule has 2 aromatic carbocycles. The highest BCUT2D eigenvalue weighted by atomic mass is 16.5. The van der Waals surface area contributed by atoms with E-state index in [0.717, 1.165) is 34.3 Å². The van der Waals surface area contributed by atoms with Crippen molar-refractivity contribution in [3.8, 4) is 22.9 Å². The first-order chi connectivity index (χ1) is 15.2. The van der Waals surface area contributed by atoms with Gasteiger partial charge in [-0.25, -0.2) is 19.7 Å². The molecule has 0 atom stereocenters. The van der Waals surface area contributed by atoms with Crippen LogP contribution in [-0.2, 0) is 6.42 Å². The van der Waals surface area contributed by atoms with Gasteiger partial charge in [-0.1, -0.05) is 31.2 Å². The molecule has 0 aliphatic heterocycles. The third-order valence-corrected chi connectivity index (χ3v) is 4.75. The first-order valence-electron chi connectivity index (χ1n) is 10.2. The summed E-state index contributed by atoms with van der Waals surface area (Å²) in [5.41, 5.74) is 2.25. The van der Waals surface area contributed by atoms with Gasteiger partial charge < -0.3 is 15.4 Å². The fraction of sp³-hybridized carbons (Fsp3) is 0.167. The van der Waals surface area contributed by atoms with Crippen LogP contribution >= 0.6 is 0 Å². The molecule has 2 aromatic heterocycles. The molecule has 4 rings (SSSR count). The molecule has 2 heterocycles. The number of benzene rings is 2. The number of anilines is 1. The maximum atomic E-state index is 12.0. The Balaban J connectivity index is 1.73. The van der Waals surface area contributed by atoms with Gasteiger partial charge in [0.25, 0.3) is 0 Å². The maximum Gasteiger partial charge on any atom is 0.319 e. The molecule has 0 saturated heterocycles. The highest BCUT2D eigenvalue weighted by molar-refractivity contribution is 6.04. The molecule has 0 fully saturated rings. The number of carbonyl (C=O) groups is 1. The highest BCUT2D eigenvalue weighted by Gasteiger charge is 2.14. The van der Waals surface area contributed by atoms with Gasteiger partial charge in [-0.2, -0.15) is 0 Å². The van der Waals surface area contributed by atoms with Crippen molar-refractivity contribution in [1.82, 2.24) is 20.3 Å². The number of hydrogen-bond donors (Lipinski definition) is 2. The number of fused-ring (bicyclic) bond motifs is 1. The van der Waals surface area contributed by atoms with E-state index in [9.17, 15) is 4.79 Å².